The van der Waals surface area contributed by atoms with Crippen LogP contribution in [0.2, 0.25) is 0 Å². The van der Waals surface area contributed by atoms with Gasteiger partial charge in [-0.3, -0.25) is 0 Å². The second-order valence-corrected chi connectivity index (χ2v) is 2.59. The molecule has 0 aliphatic carbocycles. The Balaban J connectivity index is 2.68. The lowest BCUT2D eigenvalue weighted by molar-refractivity contribution is -0.600. The van der Waals surface area contributed by atoms with Crippen LogP contribution in [0, 0.1) is 4.91 Å². The normalized spacial score (nSPS) is 26.5. The zero-order valence-electron chi connectivity index (χ0n) is 5.27. The third kappa shape index (κ3) is 0.733. The van der Waals surface area contributed by atoms with E-state index >= 15 is 0 Å². The molecule has 1 aliphatic heterocycles. The van der Waals surface area contributed by atoms with Crippen molar-refractivity contribution in [3.63, 3.8) is 0 Å². The summed E-state index contributed by atoms with van der Waals surface area (Å²) in [5, 5.41) is 3.06. The van der Waals surface area contributed by atoms with Crippen LogP contribution in [0.5, 0.6) is 0 Å². The van der Waals surface area contributed by atoms with Crippen molar-refractivity contribution in [2.75, 3.05) is 13.1 Å². The number of hydrogen-bond donors (Lipinski definition) is 1. The Morgan fingerprint density at radius 1 is 1.62 bits per heavy atom. The van der Waals surface area contributed by atoms with E-state index in [2.05, 4.69) is 5.32 Å². The van der Waals surface area contributed by atoms with Crippen LogP contribution in [0.4, 0.5) is 0 Å². The van der Waals surface area contributed by atoms with Gasteiger partial charge in [-0.15, -0.1) is 0 Å². The second-order valence-electron chi connectivity index (χ2n) is 2.59. The van der Waals surface area contributed by atoms with Crippen molar-refractivity contribution in [1.29, 1.82) is 0 Å². The quantitative estimate of drug-likeness (QED) is 0.454. The first-order valence-electron chi connectivity index (χ1n) is 2.83. The molecule has 0 saturated carbocycles. The maximum absolute atomic E-state index is 10.8. The van der Waals surface area contributed by atoms with E-state index in [0.29, 0.717) is 6.54 Å². The Morgan fingerprint density at radius 3 is 2.38 bits per heavy atom. The minimum atomic E-state index is -0.319. The van der Waals surface area contributed by atoms with Gasteiger partial charge in [-0.25, -0.2) is 5.32 Å². The predicted molar refractivity (Wildman–Crippen MR) is 30.6 cm³/mol. The van der Waals surface area contributed by atoms with Crippen LogP contribution in [-0.2, 0) is 0 Å². The van der Waals surface area contributed by atoms with E-state index in [1.54, 1.807) is 0 Å². The lowest BCUT2D eigenvalue weighted by Crippen LogP contribution is -2.39. The van der Waals surface area contributed by atoms with E-state index in [4.69, 9.17) is 0 Å². The van der Waals surface area contributed by atoms with Gasteiger partial charge in [0.25, 0.3) is 5.66 Å². The van der Waals surface area contributed by atoms with Gasteiger partial charge < -0.3 is 0 Å². The summed E-state index contributed by atoms with van der Waals surface area (Å²) in [5.74, 6) is 0. The average molecular weight is 115 g/mol. The lowest BCUT2D eigenvalue weighted by atomic mass is 10.3. The summed E-state index contributed by atoms with van der Waals surface area (Å²) in [6.07, 6.45) is 0. The molecule has 1 saturated heterocycles. The van der Waals surface area contributed by atoms with Crippen LogP contribution in [0.25, 0.3) is 0 Å². The van der Waals surface area contributed by atoms with E-state index in [0.717, 1.165) is 11.3 Å². The number of hydrogen-bond acceptors (Lipinski definition) is 2. The minimum absolute atomic E-state index is 0.319. The molecule has 1 heterocycles. The Hall–Kier alpha value is -0.440. The molecule has 3 heteroatoms. The van der Waals surface area contributed by atoms with Crippen LogP contribution >= 0.6 is 0 Å². The highest BCUT2D eigenvalue weighted by molar-refractivity contribution is 4.67. The first-order chi connectivity index (χ1) is 3.63. The van der Waals surface area contributed by atoms with Crippen molar-refractivity contribution in [3.8, 4) is 0 Å². The molecule has 3 nitrogen and oxygen atoms in total. The molecule has 0 unspecified atom stereocenters. The molecule has 0 aromatic rings. The summed E-state index contributed by atoms with van der Waals surface area (Å²) in [6, 6.07) is 0. The van der Waals surface area contributed by atoms with Crippen LogP contribution in [0.15, 0.2) is 0 Å². The Labute approximate surface area is 48.6 Å². The molecule has 1 rings (SSSR count). The van der Waals surface area contributed by atoms with Crippen molar-refractivity contribution >= 4 is 0 Å². The van der Waals surface area contributed by atoms with E-state index in [9.17, 15) is 4.91 Å². The van der Waals surface area contributed by atoms with Crippen LogP contribution in [0.1, 0.15) is 13.8 Å². The van der Waals surface area contributed by atoms with Crippen molar-refractivity contribution in [3.05, 3.63) is 4.91 Å². The SMILES string of the molecule is CC1(C)NCC[N+]1=O. The highest BCUT2D eigenvalue weighted by Crippen LogP contribution is 2.07. The summed E-state index contributed by atoms with van der Waals surface area (Å²) in [4.78, 5) is 10.8. The summed E-state index contributed by atoms with van der Waals surface area (Å²) < 4.78 is 1.06. The Bertz CT molecular complexity index is 120. The summed E-state index contributed by atoms with van der Waals surface area (Å²) >= 11 is 0. The first kappa shape index (κ1) is 5.69. The van der Waals surface area contributed by atoms with Gasteiger partial charge in [0.15, 0.2) is 0 Å². The summed E-state index contributed by atoms with van der Waals surface area (Å²) in [5.41, 5.74) is -0.319. The smallest absolute Gasteiger partial charge is 0.247 e. The van der Waals surface area contributed by atoms with Crippen molar-refractivity contribution in [2.45, 2.75) is 19.5 Å². The monoisotopic (exact) mass is 115 g/mol. The fourth-order valence-corrected chi connectivity index (χ4v) is 0.831. The molecule has 0 aromatic carbocycles. The molecular formula is C5H11N2O+. The molecule has 1 N–H and O–H groups in total. The Kier molecular flexibility index (Phi) is 1.08. The molecule has 1 aliphatic rings. The minimum Gasteiger partial charge on any atom is -0.247 e. The number of rotatable bonds is 0. The maximum Gasteiger partial charge on any atom is 0.258 e. The summed E-state index contributed by atoms with van der Waals surface area (Å²) in [6.45, 7) is 5.20. The number of nitrogens with one attached hydrogen (secondary N) is 1. The summed E-state index contributed by atoms with van der Waals surface area (Å²) in [7, 11) is 0. The standard InChI is InChI=1S/C5H11N2O/c1-5(2)6-3-4-7(5)8/h6H,3-4H2,1-2H3/q+1. The van der Waals surface area contributed by atoms with E-state index in [1.807, 2.05) is 13.8 Å². The molecule has 0 radical (unpaired) electrons. The third-order valence-electron chi connectivity index (χ3n) is 1.50. The molecule has 8 heavy (non-hydrogen) atoms. The number of nitrogens with zero attached hydrogens (tertiary/aromatic N) is 1. The van der Waals surface area contributed by atoms with Gasteiger partial charge in [0, 0.05) is 23.5 Å². The van der Waals surface area contributed by atoms with Gasteiger partial charge in [-0.2, -0.15) is 0 Å². The zero-order chi connectivity index (χ0) is 6.20. The molecule has 0 aromatic heterocycles. The van der Waals surface area contributed by atoms with Gasteiger partial charge in [-0.1, -0.05) is 0 Å². The van der Waals surface area contributed by atoms with Crippen LogP contribution < -0.4 is 5.32 Å². The van der Waals surface area contributed by atoms with Gasteiger partial charge in [0.2, 0.25) is 6.54 Å². The van der Waals surface area contributed by atoms with Gasteiger partial charge in [0.05, 0.1) is 6.54 Å². The molecule has 46 valence electrons. The predicted octanol–water partition coefficient (Wildman–Crippen LogP) is 0.105. The third-order valence-corrected chi connectivity index (χ3v) is 1.50. The average Bonchev–Trinajstić information content (AvgIpc) is 1.86. The van der Waals surface area contributed by atoms with Gasteiger partial charge in [-0.05, 0) is 0 Å². The first-order valence-corrected chi connectivity index (χ1v) is 2.83. The topological polar surface area (TPSA) is 32.1 Å². The van der Waals surface area contributed by atoms with Gasteiger partial charge >= 0.3 is 0 Å². The fourth-order valence-electron chi connectivity index (χ4n) is 0.831. The molecule has 0 atom stereocenters. The molecule has 0 spiro atoms. The number of nitroso groups, excluding NO2 is 1. The van der Waals surface area contributed by atoms with Crippen LogP contribution in [-0.4, -0.2) is 23.5 Å². The highest BCUT2D eigenvalue weighted by Gasteiger charge is 2.39. The fraction of sp³-hybridized carbons (Fsp3) is 1.00. The molecule has 0 bridgehead atoms. The largest absolute Gasteiger partial charge is 0.258 e. The zero-order valence-corrected chi connectivity index (χ0v) is 5.27. The van der Waals surface area contributed by atoms with Crippen molar-refractivity contribution < 1.29 is 4.76 Å². The van der Waals surface area contributed by atoms with E-state index < -0.39 is 0 Å². The lowest BCUT2D eigenvalue weighted by Gasteiger charge is -2.05. The van der Waals surface area contributed by atoms with E-state index in [-0.39, 0.29) is 5.66 Å². The molecular weight excluding hydrogens is 104 g/mol. The van der Waals surface area contributed by atoms with Gasteiger partial charge in [0.1, 0.15) is 0 Å². The van der Waals surface area contributed by atoms with E-state index in [1.165, 1.54) is 0 Å². The second kappa shape index (κ2) is 1.52. The Morgan fingerprint density at radius 2 is 2.25 bits per heavy atom. The molecule has 1 fully saturated rings. The van der Waals surface area contributed by atoms with Crippen molar-refractivity contribution in [1.82, 2.24) is 5.32 Å². The highest BCUT2D eigenvalue weighted by atomic mass is 16.3. The molecule has 0 amide bonds. The maximum atomic E-state index is 10.8. The van der Waals surface area contributed by atoms with Crippen molar-refractivity contribution in [2.24, 2.45) is 0 Å². The van der Waals surface area contributed by atoms with Crippen LogP contribution in [0.3, 0.4) is 0 Å².